The molecule has 0 spiro atoms. The van der Waals surface area contributed by atoms with Crippen molar-refractivity contribution in [1.82, 2.24) is 19.6 Å². The molecule has 0 saturated carbocycles. The van der Waals surface area contributed by atoms with Crippen molar-refractivity contribution in [3.63, 3.8) is 0 Å². The molecule has 0 aliphatic carbocycles. The van der Waals surface area contributed by atoms with Crippen molar-refractivity contribution in [1.29, 1.82) is 0 Å². The van der Waals surface area contributed by atoms with Gasteiger partial charge >= 0.3 is 0 Å². The van der Waals surface area contributed by atoms with Gasteiger partial charge in [0.2, 0.25) is 0 Å². The molecule has 1 aliphatic rings. The molecular formula is C31H44FN5. The van der Waals surface area contributed by atoms with E-state index in [2.05, 4.69) is 80.5 Å². The number of likely N-dealkylation sites (N-methyl/N-ethyl adjacent to an activating group) is 1. The summed E-state index contributed by atoms with van der Waals surface area (Å²) in [5, 5.41) is 5.01. The van der Waals surface area contributed by atoms with Crippen LogP contribution in [0.2, 0.25) is 0 Å². The molecule has 0 N–H and O–H groups in total. The van der Waals surface area contributed by atoms with E-state index in [4.69, 9.17) is 5.10 Å². The highest BCUT2D eigenvalue weighted by Crippen LogP contribution is 2.30. The van der Waals surface area contributed by atoms with Crippen LogP contribution < -0.4 is 4.90 Å². The van der Waals surface area contributed by atoms with E-state index in [1.165, 1.54) is 28.8 Å². The smallest absolute Gasteiger partial charge is 0.137 e. The summed E-state index contributed by atoms with van der Waals surface area (Å²) in [4.78, 5) is 7.53. The Kier molecular flexibility index (Phi) is 9.04. The largest absolute Gasteiger partial charge is 0.354 e. The second-order valence-corrected chi connectivity index (χ2v) is 11.2. The van der Waals surface area contributed by atoms with Crippen LogP contribution in [-0.4, -0.2) is 58.8 Å². The van der Waals surface area contributed by atoms with Gasteiger partial charge in [0, 0.05) is 51.4 Å². The van der Waals surface area contributed by atoms with Gasteiger partial charge in [0.05, 0.1) is 11.4 Å². The maximum atomic E-state index is 13.7. The third kappa shape index (κ3) is 6.79. The maximum absolute atomic E-state index is 13.7. The van der Waals surface area contributed by atoms with Crippen LogP contribution in [0.5, 0.6) is 0 Å². The second kappa shape index (κ2) is 12.2. The van der Waals surface area contributed by atoms with Gasteiger partial charge in [0.25, 0.3) is 0 Å². The van der Waals surface area contributed by atoms with E-state index in [1.54, 1.807) is 0 Å². The minimum atomic E-state index is -0.224. The summed E-state index contributed by atoms with van der Waals surface area (Å²) in [5.41, 5.74) is 5.94. The molecule has 1 saturated heterocycles. The highest BCUT2D eigenvalue weighted by Gasteiger charge is 2.26. The number of hydrogen-bond acceptors (Lipinski definition) is 4. The molecule has 2 heterocycles. The lowest BCUT2D eigenvalue weighted by atomic mass is 10.0. The molecule has 37 heavy (non-hydrogen) atoms. The molecule has 3 aromatic rings. The van der Waals surface area contributed by atoms with Crippen molar-refractivity contribution in [2.24, 2.45) is 5.92 Å². The van der Waals surface area contributed by atoms with Crippen LogP contribution in [0.15, 0.2) is 48.5 Å². The van der Waals surface area contributed by atoms with E-state index in [9.17, 15) is 4.39 Å². The molecule has 1 aromatic heterocycles. The monoisotopic (exact) mass is 505 g/mol. The number of rotatable bonds is 10. The van der Waals surface area contributed by atoms with Gasteiger partial charge < -0.3 is 9.80 Å². The topological polar surface area (TPSA) is 27.5 Å². The van der Waals surface area contributed by atoms with Gasteiger partial charge in [0.1, 0.15) is 11.6 Å². The van der Waals surface area contributed by atoms with E-state index in [1.807, 2.05) is 16.8 Å². The molecule has 0 bridgehead atoms. The zero-order chi connectivity index (χ0) is 26.5. The number of halogens is 1. The van der Waals surface area contributed by atoms with Gasteiger partial charge in [-0.05, 0) is 60.7 Å². The summed E-state index contributed by atoms with van der Waals surface area (Å²) >= 11 is 0. The molecular weight excluding hydrogens is 461 g/mol. The van der Waals surface area contributed by atoms with E-state index in [0.29, 0.717) is 11.8 Å². The van der Waals surface area contributed by atoms with Crippen LogP contribution in [0.4, 0.5) is 10.2 Å². The van der Waals surface area contributed by atoms with Crippen molar-refractivity contribution >= 4 is 5.82 Å². The average molecular weight is 506 g/mol. The van der Waals surface area contributed by atoms with Crippen LogP contribution in [0.3, 0.4) is 0 Å². The summed E-state index contributed by atoms with van der Waals surface area (Å²) < 4.78 is 15.8. The summed E-state index contributed by atoms with van der Waals surface area (Å²) in [6, 6.07) is 15.8. The quantitative estimate of drug-likeness (QED) is 0.326. The van der Waals surface area contributed by atoms with Crippen molar-refractivity contribution in [2.75, 3.05) is 44.2 Å². The Morgan fingerprint density at radius 3 is 2.11 bits per heavy atom. The number of benzene rings is 2. The number of piperazine rings is 1. The Morgan fingerprint density at radius 1 is 0.892 bits per heavy atom. The summed E-state index contributed by atoms with van der Waals surface area (Å²) in [6.07, 6.45) is 0. The minimum Gasteiger partial charge on any atom is -0.354 e. The summed E-state index contributed by atoms with van der Waals surface area (Å²) in [5.74, 6) is 2.02. The zero-order valence-electron chi connectivity index (χ0n) is 23.5. The van der Waals surface area contributed by atoms with Crippen molar-refractivity contribution in [3.05, 3.63) is 76.7 Å². The molecule has 1 aliphatic heterocycles. The average Bonchev–Trinajstić information content (AvgIpc) is 3.20. The van der Waals surface area contributed by atoms with Crippen LogP contribution in [0.1, 0.15) is 62.9 Å². The number of aryl methyl sites for hydroxylation is 1. The summed E-state index contributed by atoms with van der Waals surface area (Å²) in [7, 11) is 0. The van der Waals surface area contributed by atoms with Gasteiger partial charge in [-0.3, -0.25) is 4.90 Å². The van der Waals surface area contributed by atoms with E-state index in [0.717, 1.165) is 69.6 Å². The van der Waals surface area contributed by atoms with Crippen LogP contribution in [0, 0.1) is 18.7 Å². The fourth-order valence-corrected chi connectivity index (χ4v) is 5.29. The highest BCUT2D eigenvalue weighted by atomic mass is 19.1. The van der Waals surface area contributed by atoms with Crippen molar-refractivity contribution < 1.29 is 4.39 Å². The number of hydrogen-bond donors (Lipinski definition) is 0. The predicted octanol–water partition coefficient (Wildman–Crippen LogP) is 6.24. The van der Waals surface area contributed by atoms with Crippen molar-refractivity contribution in [3.8, 4) is 5.69 Å². The molecule has 6 heteroatoms. The third-order valence-electron chi connectivity index (χ3n) is 7.41. The Hall–Kier alpha value is -2.70. The Morgan fingerprint density at radius 2 is 1.54 bits per heavy atom. The van der Waals surface area contributed by atoms with Gasteiger partial charge in [0.15, 0.2) is 0 Å². The Bertz CT molecular complexity index is 1130. The van der Waals surface area contributed by atoms with E-state index in [-0.39, 0.29) is 5.82 Å². The molecule has 0 radical (unpaired) electrons. The first-order valence-corrected chi connectivity index (χ1v) is 13.9. The van der Waals surface area contributed by atoms with Crippen molar-refractivity contribution in [2.45, 2.75) is 60.5 Å². The summed E-state index contributed by atoms with van der Waals surface area (Å²) in [6.45, 7) is 21.2. The lowest BCUT2D eigenvalue weighted by molar-refractivity contribution is 0.227. The predicted molar refractivity (Wildman–Crippen MR) is 152 cm³/mol. The fraction of sp³-hybridized carbons (Fsp3) is 0.516. The normalized spacial score (nSPS) is 14.9. The Labute approximate surface area is 222 Å². The lowest BCUT2D eigenvalue weighted by Gasteiger charge is -2.36. The third-order valence-corrected chi connectivity index (χ3v) is 7.41. The van der Waals surface area contributed by atoms with Gasteiger partial charge in [-0.15, -0.1) is 0 Å². The SMILES string of the molecule is CCN1CCN(c2c(CN(Cc3ccc(C(C)C)cc3)CC(C)C)c(C)nn2-c2ccc(F)cc2)CC1. The molecule has 5 nitrogen and oxygen atoms in total. The van der Waals surface area contributed by atoms with Gasteiger partial charge in [-0.2, -0.15) is 5.10 Å². The van der Waals surface area contributed by atoms with Crippen LogP contribution in [0.25, 0.3) is 5.69 Å². The fourth-order valence-electron chi connectivity index (χ4n) is 5.29. The lowest BCUT2D eigenvalue weighted by Crippen LogP contribution is -2.47. The standard InChI is InChI=1S/C31H44FN5/c1-7-34-16-18-36(19-17-34)31-30(25(6)33-37(31)29-14-12-28(32)13-15-29)22-35(20-23(2)3)21-26-8-10-27(11-9-26)24(4)5/h8-15,23-24H,7,16-22H2,1-6H3. The number of nitrogens with zero attached hydrogens (tertiary/aromatic N) is 5. The van der Waals surface area contributed by atoms with Crippen LogP contribution in [-0.2, 0) is 13.1 Å². The van der Waals surface area contributed by atoms with Gasteiger partial charge in [-0.1, -0.05) is 58.9 Å². The van der Waals surface area contributed by atoms with E-state index < -0.39 is 0 Å². The van der Waals surface area contributed by atoms with E-state index >= 15 is 0 Å². The molecule has 0 atom stereocenters. The first-order valence-electron chi connectivity index (χ1n) is 13.9. The molecule has 1 fully saturated rings. The number of anilines is 1. The molecule has 4 rings (SSSR count). The zero-order valence-corrected chi connectivity index (χ0v) is 23.5. The highest BCUT2D eigenvalue weighted by molar-refractivity contribution is 5.56. The molecule has 0 amide bonds. The Balaban J connectivity index is 1.67. The first-order chi connectivity index (χ1) is 17.7. The molecule has 200 valence electrons. The van der Waals surface area contributed by atoms with Gasteiger partial charge in [-0.25, -0.2) is 9.07 Å². The molecule has 0 unspecified atom stereocenters. The molecule has 2 aromatic carbocycles. The second-order valence-electron chi connectivity index (χ2n) is 11.2. The number of aromatic nitrogens is 2. The van der Waals surface area contributed by atoms with Crippen LogP contribution >= 0.6 is 0 Å². The minimum absolute atomic E-state index is 0.224. The maximum Gasteiger partial charge on any atom is 0.137 e. The first kappa shape index (κ1) is 27.3.